The van der Waals surface area contributed by atoms with Crippen LogP contribution in [0.15, 0.2) is 41.4 Å². The molecule has 194 valence electrons. The van der Waals surface area contributed by atoms with E-state index in [1.54, 1.807) is 20.8 Å². The predicted octanol–water partition coefficient (Wildman–Crippen LogP) is 3.48. The lowest BCUT2D eigenvalue weighted by atomic mass is 10.1. The molecule has 1 aromatic heterocycles. The number of aromatic nitrogens is 1. The van der Waals surface area contributed by atoms with Gasteiger partial charge in [-0.05, 0) is 51.1 Å². The monoisotopic (exact) mass is 537 g/mol. The minimum Gasteiger partial charge on any atom is -0.444 e. The molecule has 4 amide bonds. The van der Waals surface area contributed by atoms with Gasteiger partial charge in [-0.3, -0.25) is 4.79 Å². The first-order valence-electron chi connectivity index (χ1n) is 11.0. The summed E-state index contributed by atoms with van der Waals surface area (Å²) in [7, 11) is -3.62. The fraction of sp³-hybridized carbons (Fsp3) is 0.391. The van der Waals surface area contributed by atoms with Crippen LogP contribution in [0, 0.1) is 0 Å². The zero-order valence-corrected chi connectivity index (χ0v) is 21.9. The Morgan fingerprint density at radius 2 is 1.64 bits per heavy atom. The van der Waals surface area contributed by atoms with Gasteiger partial charge in [0.2, 0.25) is 0 Å². The van der Waals surface area contributed by atoms with Crippen LogP contribution in [0.5, 0.6) is 0 Å². The molecule has 0 radical (unpaired) electrons. The number of hydrogen-bond donors (Lipinski definition) is 2. The molecule has 0 aliphatic carbocycles. The number of amides is 4. The van der Waals surface area contributed by atoms with Crippen LogP contribution >= 0.6 is 11.6 Å². The van der Waals surface area contributed by atoms with Crippen molar-refractivity contribution in [2.45, 2.75) is 31.3 Å². The number of carbonyl (C=O) groups is 3. The Hall–Kier alpha value is -3.38. The Kier molecular flexibility index (Phi) is 8.09. The van der Waals surface area contributed by atoms with Crippen LogP contribution in [-0.2, 0) is 14.6 Å². The summed E-state index contributed by atoms with van der Waals surface area (Å²) in [5.41, 5.74) is -0.564. The summed E-state index contributed by atoms with van der Waals surface area (Å²) in [4.78, 5) is 45.1. The summed E-state index contributed by atoms with van der Waals surface area (Å²) in [6.07, 6.45) is 1.92. The molecule has 3 rings (SSSR count). The third-order valence-electron chi connectivity index (χ3n) is 5.09. The smallest absolute Gasteiger partial charge is 0.410 e. The molecule has 0 spiro atoms. The van der Waals surface area contributed by atoms with E-state index in [9.17, 15) is 22.8 Å². The highest BCUT2D eigenvalue weighted by atomic mass is 35.5. The Morgan fingerprint density at radius 3 is 2.19 bits per heavy atom. The van der Waals surface area contributed by atoms with Gasteiger partial charge in [-0.2, -0.15) is 0 Å². The number of halogens is 1. The zero-order chi connectivity index (χ0) is 26.7. The molecule has 2 heterocycles. The van der Waals surface area contributed by atoms with E-state index in [-0.39, 0.29) is 48.1 Å². The van der Waals surface area contributed by atoms with Gasteiger partial charge in [0.25, 0.3) is 5.91 Å². The molecule has 2 aromatic rings. The maximum Gasteiger partial charge on any atom is 0.410 e. The van der Waals surface area contributed by atoms with Crippen molar-refractivity contribution in [3.05, 3.63) is 47.1 Å². The first-order valence-corrected chi connectivity index (χ1v) is 13.3. The number of sulfone groups is 1. The molecule has 1 aliphatic rings. The minimum absolute atomic E-state index is 0.0598. The number of pyridine rings is 1. The van der Waals surface area contributed by atoms with Crippen LogP contribution in [0.25, 0.3) is 0 Å². The largest absolute Gasteiger partial charge is 0.444 e. The molecule has 1 saturated heterocycles. The maximum absolute atomic E-state index is 13.0. The Balaban J connectivity index is 1.74. The lowest BCUT2D eigenvalue weighted by Crippen LogP contribution is -2.52. The predicted molar refractivity (Wildman–Crippen MR) is 135 cm³/mol. The summed E-state index contributed by atoms with van der Waals surface area (Å²) < 4.78 is 29.5. The van der Waals surface area contributed by atoms with Gasteiger partial charge in [0, 0.05) is 38.6 Å². The van der Waals surface area contributed by atoms with Crippen LogP contribution in [0.4, 0.5) is 21.1 Å². The molecular weight excluding hydrogens is 510 g/mol. The fourth-order valence-corrected chi connectivity index (χ4v) is 4.06. The molecule has 13 heteroatoms. The molecular formula is C23H28ClN5O6S. The average Bonchev–Trinajstić information content (AvgIpc) is 2.79. The SMILES string of the molecule is CC(C)(C)OC(=O)N1CCN(C(=O)Nc2ccc(S(C)(=O)=O)cc2C(=O)Nc2ccc(Cl)cn2)CC1. The molecule has 0 unspecified atom stereocenters. The molecule has 36 heavy (non-hydrogen) atoms. The van der Waals surface area contributed by atoms with Crippen molar-refractivity contribution in [3.63, 3.8) is 0 Å². The van der Waals surface area contributed by atoms with Crippen molar-refractivity contribution in [3.8, 4) is 0 Å². The summed E-state index contributed by atoms with van der Waals surface area (Å²) >= 11 is 5.82. The number of piperazine rings is 1. The summed E-state index contributed by atoms with van der Waals surface area (Å²) in [6.45, 7) is 6.41. The molecule has 1 aromatic carbocycles. The molecule has 0 bridgehead atoms. The molecule has 2 N–H and O–H groups in total. The van der Waals surface area contributed by atoms with Gasteiger partial charge < -0.3 is 25.2 Å². The number of hydrogen-bond acceptors (Lipinski definition) is 7. The fourth-order valence-electron chi connectivity index (χ4n) is 3.30. The number of carbonyl (C=O) groups excluding carboxylic acids is 3. The first kappa shape index (κ1) is 27.2. The summed E-state index contributed by atoms with van der Waals surface area (Å²) in [6, 6.07) is 6.39. The number of urea groups is 1. The Labute approximate surface area is 214 Å². The van der Waals surface area contributed by atoms with E-state index in [0.717, 1.165) is 6.26 Å². The quantitative estimate of drug-likeness (QED) is 0.609. The second kappa shape index (κ2) is 10.7. The Morgan fingerprint density at radius 1 is 1.00 bits per heavy atom. The van der Waals surface area contributed by atoms with Crippen molar-refractivity contribution in [1.82, 2.24) is 14.8 Å². The zero-order valence-electron chi connectivity index (χ0n) is 20.4. The van der Waals surface area contributed by atoms with Gasteiger partial charge in [0.05, 0.1) is 21.2 Å². The van der Waals surface area contributed by atoms with Crippen molar-refractivity contribution in [2.75, 3.05) is 43.1 Å². The van der Waals surface area contributed by atoms with E-state index in [1.165, 1.54) is 46.3 Å². The highest BCUT2D eigenvalue weighted by molar-refractivity contribution is 7.90. The average molecular weight is 538 g/mol. The van der Waals surface area contributed by atoms with Crippen LogP contribution in [0.2, 0.25) is 5.02 Å². The van der Waals surface area contributed by atoms with Crippen LogP contribution in [0.3, 0.4) is 0 Å². The summed E-state index contributed by atoms with van der Waals surface area (Å²) in [5.74, 6) is -0.468. The summed E-state index contributed by atoms with van der Waals surface area (Å²) in [5, 5.41) is 5.62. The van der Waals surface area contributed by atoms with Gasteiger partial charge >= 0.3 is 12.1 Å². The lowest BCUT2D eigenvalue weighted by Gasteiger charge is -2.35. The van der Waals surface area contributed by atoms with E-state index in [1.807, 2.05) is 0 Å². The lowest BCUT2D eigenvalue weighted by molar-refractivity contribution is 0.0174. The van der Waals surface area contributed by atoms with E-state index < -0.39 is 33.5 Å². The van der Waals surface area contributed by atoms with E-state index >= 15 is 0 Å². The standard InChI is InChI=1S/C23H28ClN5O6S/c1-23(2,3)35-22(32)29-11-9-28(10-12-29)21(31)26-18-7-6-16(36(4,33)34)13-17(18)20(30)27-19-8-5-15(24)14-25-19/h5-8,13-14H,9-12H2,1-4H3,(H,26,31)(H,25,27,30). The normalized spacial score (nSPS) is 14.2. The molecule has 11 nitrogen and oxygen atoms in total. The van der Waals surface area contributed by atoms with Crippen molar-refractivity contribution in [1.29, 1.82) is 0 Å². The number of rotatable bonds is 4. The third kappa shape index (κ3) is 7.31. The maximum atomic E-state index is 13.0. The number of ether oxygens (including phenoxy) is 1. The van der Waals surface area contributed by atoms with Gasteiger partial charge in [0.15, 0.2) is 9.84 Å². The first-order chi connectivity index (χ1) is 16.7. The van der Waals surface area contributed by atoms with Crippen molar-refractivity contribution >= 4 is 51.0 Å². The van der Waals surface area contributed by atoms with Crippen molar-refractivity contribution in [2.24, 2.45) is 0 Å². The number of nitrogens with zero attached hydrogens (tertiary/aromatic N) is 3. The van der Waals surface area contributed by atoms with Gasteiger partial charge in [-0.25, -0.2) is 23.0 Å². The number of nitrogens with one attached hydrogen (secondary N) is 2. The van der Waals surface area contributed by atoms with Gasteiger partial charge in [-0.15, -0.1) is 0 Å². The molecule has 0 saturated carbocycles. The molecule has 1 aliphatic heterocycles. The highest BCUT2D eigenvalue weighted by Crippen LogP contribution is 2.23. The number of anilines is 2. The second-order valence-corrected chi connectivity index (χ2v) is 11.6. The second-order valence-electron chi connectivity index (χ2n) is 9.18. The van der Waals surface area contributed by atoms with Crippen LogP contribution < -0.4 is 10.6 Å². The third-order valence-corrected chi connectivity index (χ3v) is 6.43. The molecule has 0 atom stereocenters. The van der Waals surface area contributed by atoms with E-state index in [4.69, 9.17) is 16.3 Å². The minimum atomic E-state index is -3.62. The highest BCUT2D eigenvalue weighted by Gasteiger charge is 2.28. The van der Waals surface area contributed by atoms with Gasteiger partial charge in [0.1, 0.15) is 11.4 Å². The van der Waals surface area contributed by atoms with E-state index in [2.05, 4.69) is 15.6 Å². The Bertz CT molecular complexity index is 1250. The number of benzene rings is 1. The molecule has 1 fully saturated rings. The van der Waals surface area contributed by atoms with Crippen LogP contribution in [0.1, 0.15) is 31.1 Å². The van der Waals surface area contributed by atoms with Gasteiger partial charge in [-0.1, -0.05) is 11.6 Å². The van der Waals surface area contributed by atoms with E-state index in [0.29, 0.717) is 5.02 Å². The van der Waals surface area contributed by atoms with Crippen LogP contribution in [-0.4, -0.2) is 79.3 Å². The van der Waals surface area contributed by atoms with Crippen molar-refractivity contribution < 1.29 is 27.5 Å². The topological polar surface area (TPSA) is 138 Å².